The lowest BCUT2D eigenvalue weighted by Gasteiger charge is -2.24. The lowest BCUT2D eigenvalue weighted by atomic mass is 9.95. The van der Waals surface area contributed by atoms with Crippen molar-refractivity contribution in [1.82, 2.24) is 4.57 Å². The second-order valence-corrected chi connectivity index (χ2v) is 11.3. The highest BCUT2D eigenvalue weighted by molar-refractivity contribution is 7.07. The highest BCUT2D eigenvalue weighted by Crippen LogP contribution is 2.35. The van der Waals surface area contributed by atoms with E-state index in [4.69, 9.17) is 32.7 Å². The number of hydrogen-bond acceptors (Lipinski definition) is 6. The normalized spacial score (nSPS) is 15.0. The van der Waals surface area contributed by atoms with Gasteiger partial charge in [-0.3, -0.25) is 9.36 Å². The number of hydrogen-bond donors (Lipinski definition) is 0. The smallest absolute Gasteiger partial charge is 0.338 e. The maximum absolute atomic E-state index is 13.8. The fraction of sp³-hybridized carbons (Fsp3) is 0.194. The van der Waals surface area contributed by atoms with E-state index in [-0.39, 0.29) is 40.4 Å². The molecule has 1 aromatic heterocycles. The van der Waals surface area contributed by atoms with Crippen molar-refractivity contribution in [2.24, 2.45) is 4.99 Å². The van der Waals surface area contributed by atoms with Gasteiger partial charge in [0.05, 0.1) is 38.5 Å². The Hall–Kier alpha value is -3.72. The van der Waals surface area contributed by atoms with Gasteiger partial charge in [-0.05, 0) is 67.8 Å². The van der Waals surface area contributed by atoms with E-state index in [1.807, 2.05) is 31.2 Å². The molecule has 0 bridgehead atoms. The van der Waals surface area contributed by atoms with Crippen LogP contribution in [0.4, 0.5) is 4.39 Å². The van der Waals surface area contributed by atoms with Crippen LogP contribution in [0, 0.1) is 12.7 Å². The molecule has 0 radical (unpaired) electrons. The molecule has 0 N–H and O–H groups in total. The van der Waals surface area contributed by atoms with Crippen LogP contribution in [0.2, 0.25) is 10.0 Å². The van der Waals surface area contributed by atoms with Gasteiger partial charge < -0.3 is 9.47 Å². The van der Waals surface area contributed by atoms with Crippen molar-refractivity contribution in [3.8, 4) is 5.75 Å². The standard InChI is InChI=1S/C31H25Cl2FN2O4S/c1-4-39-30(38)26-18(3)35-31-36(27(26)21-9-5-17(2)6-10-21)29(37)25(41-31)15-20-13-23(32)28(24(33)14-20)40-16-19-7-11-22(34)12-8-19/h5-15,27H,4,16H2,1-3H3/b25-15+/t27-/m0/s1. The van der Waals surface area contributed by atoms with Crippen molar-refractivity contribution in [3.63, 3.8) is 0 Å². The number of nitrogens with zero attached hydrogens (tertiary/aromatic N) is 2. The van der Waals surface area contributed by atoms with E-state index in [9.17, 15) is 14.0 Å². The SMILES string of the molecule is CCOC(=O)C1=C(C)N=c2s/c(=C/c3cc(Cl)c(OCc4ccc(F)cc4)c(Cl)c3)c(=O)n2[C@H]1c1ccc(C)cc1. The minimum absolute atomic E-state index is 0.152. The lowest BCUT2D eigenvalue weighted by Crippen LogP contribution is -2.39. The van der Waals surface area contributed by atoms with Crippen molar-refractivity contribution in [1.29, 1.82) is 0 Å². The fourth-order valence-electron chi connectivity index (χ4n) is 4.54. The van der Waals surface area contributed by atoms with Gasteiger partial charge in [-0.25, -0.2) is 14.2 Å². The average Bonchev–Trinajstić information content (AvgIpc) is 3.23. The van der Waals surface area contributed by atoms with E-state index in [0.29, 0.717) is 26.2 Å². The van der Waals surface area contributed by atoms with Crippen molar-refractivity contribution in [2.75, 3.05) is 6.61 Å². The summed E-state index contributed by atoms with van der Waals surface area (Å²) in [6, 6.07) is 16.2. The van der Waals surface area contributed by atoms with Gasteiger partial charge in [-0.2, -0.15) is 0 Å². The number of halogens is 3. The Balaban J connectivity index is 1.54. The third kappa shape index (κ3) is 6.00. The number of esters is 1. The van der Waals surface area contributed by atoms with Gasteiger partial charge >= 0.3 is 5.97 Å². The Bertz CT molecular complexity index is 1820. The Morgan fingerprint density at radius 2 is 1.73 bits per heavy atom. The summed E-state index contributed by atoms with van der Waals surface area (Å²) in [5.74, 6) is -0.564. The van der Waals surface area contributed by atoms with Gasteiger partial charge in [0.25, 0.3) is 5.56 Å². The van der Waals surface area contributed by atoms with Crippen molar-refractivity contribution in [3.05, 3.63) is 130 Å². The monoisotopic (exact) mass is 610 g/mol. The van der Waals surface area contributed by atoms with E-state index < -0.39 is 12.0 Å². The minimum Gasteiger partial charge on any atom is -0.486 e. The first-order valence-electron chi connectivity index (χ1n) is 12.8. The molecule has 0 saturated carbocycles. The average molecular weight is 612 g/mol. The Labute approximate surface area is 249 Å². The molecule has 3 aromatic carbocycles. The third-order valence-corrected chi connectivity index (χ3v) is 8.07. The highest BCUT2D eigenvalue weighted by atomic mass is 35.5. The van der Waals surface area contributed by atoms with Crippen LogP contribution in [-0.4, -0.2) is 17.1 Å². The Morgan fingerprint density at radius 3 is 2.37 bits per heavy atom. The molecule has 6 nitrogen and oxygen atoms in total. The number of fused-ring (bicyclic) bond motifs is 1. The molecule has 1 atom stereocenters. The van der Waals surface area contributed by atoms with Crippen LogP contribution in [0.5, 0.6) is 5.75 Å². The number of rotatable bonds is 7. The first-order chi connectivity index (χ1) is 19.7. The van der Waals surface area contributed by atoms with Crippen LogP contribution < -0.4 is 19.6 Å². The fourth-order valence-corrected chi connectivity index (χ4v) is 6.20. The number of ether oxygens (including phenoxy) is 2. The van der Waals surface area contributed by atoms with Gasteiger partial charge in [0.15, 0.2) is 10.6 Å². The molecular weight excluding hydrogens is 586 g/mol. The molecule has 1 aliphatic heterocycles. The molecule has 0 unspecified atom stereocenters. The van der Waals surface area contributed by atoms with Crippen molar-refractivity contribution < 1.29 is 18.7 Å². The molecule has 1 aliphatic rings. The topological polar surface area (TPSA) is 69.9 Å². The summed E-state index contributed by atoms with van der Waals surface area (Å²) in [6.45, 7) is 5.80. The number of benzene rings is 3. The molecule has 0 fully saturated rings. The van der Waals surface area contributed by atoms with E-state index in [1.54, 1.807) is 44.2 Å². The van der Waals surface area contributed by atoms with E-state index in [1.165, 1.54) is 28.0 Å². The second-order valence-electron chi connectivity index (χ2n) is 9.44. The molecule has 2 heterocycles. The molecule has 41 heavy (non-hydrogen) atoms. The van der Waals surface area contributed by atoms with Gasteiger partial charge in [0, 0.05) is 0 Å². The molecule has 210 valence electrons. The van der Waals surface area contributed by atoms with Gasteiger partial charge in [-0.1, -0.05) is 76.5 Å². The number of allylic oxidation sites excluding steroid dienone is 1. The third-order valence-electron chi connectivity index (χ3n) is 6.52. The lowest BCUT2D eigenvalue weighted by molar-refractivity contribution is -0.139. The van der Waals surface area contributed by atoms with E-state index >= 15 is 0 Å². The van der Waals surface area contributed by atoms with Crippen molar-refractivity contribution in [2.45, 2.75) is 33.4 Å². The number of carbonyl (C=O) groups excluding carboxylic acids is 1. The zero-order valence-corrected chi connectivity index (χ0v) is 24.7. The molecule has 0 amide bonds. The quantitative estimate of drug-likeness (QED) is 0.236. The zero-order chi connectivity index (χ0) is 29.3. The summed E-state index contributed by atoms with van der Waals surface area (Å²) in [6.07, 6.45) is 1.68. The van der Waals surface area contributed by atoms with Crippen LogP contribution in [0.15, 0.2) is 81.7 Å². The summed E-state index contributed by atoms with van der Waals surface area (Å²) in [5.41, 5.74) is 3.68. The first-order valence-corrected chi connectivity index (χ1v) is 14.4. The molecule has 5 rings (SSSR count). The number of thiazole rings is 1. The molecule has 0 saturated heterocycles. The van der Waals surface area contributed by atoms with Crippen LogP contribution in [-0.2, 0) is 16.1 Å². The predicted octanol–water partition coefficient (Wildman–Crippen LogP) is 6.13. The summed E-state index contributed by atoms with van der Waals surface area (Å²) < 4.78 is 26.3. The number of aromatic nitrogens is 1. The highest BCUT2D eigenvalue weighted by Gasteiger charge is 2.33. The van der Waals surface area contributed by atoms with Crippen molar-refractivity contribution >= 4 is 46.6 Å². The summed E-state index contributed by atoms with van der Waals surface area (Å²) in [7, 11) is 0. The number of aryl methyl sites for hydroxylation is 1. The van der Waals surface area contributed by atoms with Crippen LogP contribution in [0.1, 0.15) is 42.1 Å². The Kier molecular flexibility index (Phi) is 8.45. The van der Waals surface area contributed by atoms with Gasteiger partial charge in [0.1, 0.15) is 12.4 Å². The molecular formula is C31H25Cl2FN2O4S. The number of carbonyl (C=O) groups is 1. The maximum atomic E-state index is 13.8. The molecule has 10 heteroatoms. The van der Waals surface area contributed by atoms with Crippen LogP contribution >= 0.6 is 34.5 Å². The summed E-state index contributed by atoms with van der Waals surface area (Å²) in [4.78, 5) is 31.9. The maximum Gasteiger partial charge on any atom is 0.338 e. The minimum atomic E-state index is -0.692. The van der Waals surface area contributed by atoms with E-state index in [2.05, 4.69) is 4.99 Å². The van der Waals surface area contributed by atoms with Crippen LogP contribution in [0.3, 0.4) is 0 Å². The zero-order valence-electron chi connectivity index (χ0n) is 22.4. The summed E-state index contributed by atoms with van der Waals surface area (Å²) >= 11 is 14.2. The molecule has 0 aliphatic carbocycles. The van der Waals surface area contributed by atoms with Gasteiger partial charge in [-0.15, -0.1) is 0 Å². The van der Waals surface area contributed by atoms with E-state index in [0.717, 1.165) is 16.7 Å². The second kappa shape index (κ2) is 12.0. The predicted molar refractivity (Wildman–Crippen MR) is 159 cm³/mol. The first kappa shape index (κ1) is 28.8. The summed E-state index contributed by atoms with van der Waals surface area (Å²) in [5, 5.41) is 0.522. The molecule has 0 spiro atoms. The van der Waals surface area contributed by atoms with Crippen LogP contribution in [0.25, 0.3) is 6.08 Å². The Morgan fingerprint density at radius 1 is 1.07 bits per heavy atom. The van der Waals surface area contributed by atoms with Gasteiger partial charge in [0.2, 0.25) is 0 Å². The molecule has 4 aromatic rings. The largest absolute Gasteiger partial charge is 0.486 e.